The minimum atomic E-state index is -0.395. The monoisotopic (exact) mass is 396 g/mol. The summed E-state index contributed by atoms with van der Waals surface area (Å²) in [6, 6.07) is 17.2. The third-order valence-electron chi connectivity index (χ3n) is 4.27. The molecule has 3 rings (SSSR count). The number of hydrogen-bond acceptors (Lipinski definition) is 3. The van der Waals surface area contributed by atoms with E-state index < -0.39 is 5.82 Å². The van der Waals surface area contributed by atoms with Gasteiger partial charge in [0.25, 0.3) is 0 Å². The topological polar surface area (TPSA) is 58.2 Å². The maximum atomic E-state index is 13.7. The van der Waals surface area contributed by atoms with Gasteiger partial charge in [0.1, 0.15) is 5.82 Å². The molecule has 1 heterocycles. The lowest BCUT2D eigenvalue weighted by Gasteiger charge is -2.15. The number of anilines is 1. The van der Waals surface area contributed by atoms with Gasteiger partial charge in [-0.1, -0.05) is 36.4 Å². The van der Waals surface area contributed by atoms with E-state index >= 15 is 0 Å². The first kappa shape index (κ1) is 19.8. The zero-order valence-electron chi connectivity index (χ0n) is 15.4. The van der Waals surface area contributed by atoms with Crippen LogP contribution in [-0.2, 0) is 22.4 Å². The molecule has 28 heavy (non-hydrogen) atoms. The van der Waals surface area contributed by atoms with Gasteiger partial charge in [-0.3, -0.25) is 9.59 Å². The number of carbonyl (C=O) groups is 2. The molecule has 1 unspecified atom stereocenters. The molecule has 1 atom stereocenters. The van der Waals surface area contributed by atoms with E-state index in [0.29, 0.717) is 17.7 Å². The SMILES string of the molecule is CC(NC(=O)Cc1cccs1)c1cccc(NC(=O)Cc2ccccc2F)c1. The lowest BCUT2D eigenvalue weighted by molar-refractivity contribution is -0.121. The van der Waals surface area contributed by atoms with E-state index in [4.69, 9.17) is 0 Å². The largest absolute Gasteiger partial charge is 0.349 e. The highest BCUT2D eigenvalue weighted by Crippen LogP contribution is 2.19. The Hall–Kier alpha value is -2.99. The van der Waals surface area contributed by atoms with Crippen LogP contribution in [0.1, 0.15) is 29.0 Å². The number of benzene rings is 2. The van der Waals surface area contributed by atoms with Crippen LogP contribution in [0.15, 0.2) is 66.0 Å². The van der Waals surface area contributed by atoms with Crippen LogP contribution in [-0.4, -0.2) is 11.8 Å². The van der Waals surface area contributed by atoms with E-state index in [0.717, 1.165) is 10.4 Å². The normalized spacial score (nSPS) is 11.6. The Bertz CT molecular complexity index is 957. The van der Waals surface area contributed by atoms with Crippen molar-refractivity contribution in [2.24, 2.45) is 0 Å². The molecule has 0 saturated carbocycles. The minimum Gasteiger partial charge on any atom is -0.349 e. The lowest BCUT2D eigenvalue weighted by Crippen LogP contribution is -2.28. The van der Waals surface area contributed by atoms with Crippen LogP contribution in [0.4, 0.5) is 10.1 Å². The molecule has 0 aliphatic carbocycles. The van der Waals surface area contributed by atoms with Crippen LogP contribution in [0.5, 0.6) is 0 Å². The van der Waals surface area contributed by atoms with Gasteiger partial charge in [-0.05, 0) is 47.7 Å². The van der Waals surface area contributed by atoms with E-state index in [-0.39, 0.29) is 24.3 Å². The van der Waals surface area contributed by atoms with E-state index in [1.54, 1.807) is 35.6 Å². The van der Waals surface area contributed by atoms with Crippen molar-refractivity contribution in [2.45, 2.75) is 25.8 Å². The highest BCUT2D eigenvalue weighted by atomic mass is 32.1. The molecule has 0 aliphatic rings. The summed E-state index contributed by atoms with van der Waals surface area (Å²) in [5, 5.41) is 7.70. The van der Waals surface area contributed by atoms with Crippen LogP contribution in [0.3, 0.4) is 0 Å². The standard InChI is InChI=1S/C22H21FN2O2S/c1-15(24-22(27)14-19-9-5-11-28-19)16-7-4-8-18(12-16)25-21(26)13-17-6-2-3-10-20(17)23/h2-12,15H,13-14H2,1H3,(H,24,27)(H,25,26). The number of hydrogen-bond donors (Lipinski definition) is 2. The molecule has 0 saturated heterocycles. The number of thiophene rings is 1. The summed E-state index contributed by atoms with van der Waals surface area (Å²) in [5.74, 6) is -0.742. The van der Waals surface area contributed by atoms with Crippen molar-refractivity contribution in [2.75, 3.05) is 5.32 Å². The van der Waals surface area contributed by atoms with E-state index in [1.165, 1.54) is 6.07 Å². The molecule has 0 fully saturated rings. The average Bonchev–Trinajstić information content (AvgIpc) is 3.16. The Labute approximate surface area is 167 Å². The number of amides is 2. The Balaban J connectivity index is 1.59. The molecule has 6 heteroatoms. The fraction of sp³-hybridized carbons (Fsp3) is 0.182. The summed E-state index contributed by atoms with van der Waals surface area (Å²) >= 11 is 1.55. The number of nitrogens with one attached hydrogen (secondary N) is 2. The predicted octanol–water partition coefficient (Wildman–Crippen LogP) is 4.49. The van der Waals surface area contributed by atoms with Gasteiger partial charge < -0.3 is 10.6 Å². The summed E-state index contributed by atoms with van der Waals surface area (Å²) < 4.78 is 13.7. The van der Waals surface area contributed by atoms with Crippen LogP contribution < -0.4 is 10.6 Å². The zero-order chi connectivity index (χ0) is 19.9. The maximum absolute atomic E-state index is 13.7. The zero-order valence-corrected chi connectivity index (χ0v) is 16.3. The van der Waals surface area contributed by atoms with Crippen molar-refractivity contribution >= 4 is 28.8 Å². The Morgan fingerprint density at radius 2 is 1.82 bits per heavy atom. The second kappa shape index (κ2) is 9.28. The number of rotatable bonds is 7. The molecule has 2 N–H and O–H groups in total. The first-order valence-electron chi connectivity index (χ1n) is 8.96. The van der Waals surface area contributed by atoms with Gasteiger partial charge in [0.15, 0.2) is 0 Å². The molecule has 2 amide bonds. The van der Waals surface area contributed by atoms with Gasteiger partial charge in [0, 0.05) is 10.6 Å². The Morgan fingerprint density at radius 1 is 1.00 bits per heavy atom. The summed E-state index contributed by atoms with van der Waals surface area (Å²) in [6.45, 7) is 1.90. The smallest absolute Gasteiger partial charge is 0.228 e. The van der Waals surface area contributed by atoms with Gasteiger partial charge in [0.2, 0.25) is 11.8 Å². The van der Waals surface area contributed by atoms with Gasteiger partial charge >= 0.3 is 0 Å². The van der Waals surface area contributed by atoms with E-state index in [2.05, 4.69) is 10.6 Å². The quantitative estimate of drug-likeness (QED) is 0.618. The van der Waals surface area contributed by atoms with Gasteiger partial charge in [-0.15, -0.1) is 11.3 Å². The molecule has 3 aromatic rings. The van der Waals surface area contributed by atoms with Crippen molar-refractivity contribution in [3.05, 3.63) is 87.9 Å². The van der Waals surface area contributed by atoms with E-state index in [9.17, 15) is 14.0 Å². The fourth-order valence-corrected chi connectivity index (χ4v) is 3.56. The fourth-order valence-electron chi connectivity index (χ4n) is 2.85. The molecule has 0 spiro atoms. The van der Waals surface area contributed by atoms with Gasteiger partial charge in [0.05, 0.1) is 18.9 Å². The van der Waals surface area contributed by atoms with Crippen molar-refractivity contribution in [3.8, 4) is 0 Å². The second-order valence-electron chi connectivity index (χ2n) is 6.49. The third kappa shape index (κ3) is 5.50. The second-order valence-corrected chi connectivity index (χ2v) is 7.52. The van der Waals surface area contributed by atoms with Crippen molar-refractivity contribution < 1.29 is 14.0 Å². The number of halogens is 1. The summed E-state index contributed by atoms with van der Waals surface area (Å²) in [6.07, 6.45) is 0.311. The van der Waals surface area contributed by atoms with Crippen molar-refractivity contribution in [3.63, 3.8) is 0 Å². The van der Waals surface area contributed by atoms with Crippen molar-refractivity contribution in [1.29, 1.82) is 0 Å². The van der Waals surface area contributed by atoms with Crippen LogP contribution in [0, 0.1) is 5.82 Å². The summed E-state index contributed by atoms with van der Waals surface area (Å²) in [5.41, 5.74) is 1.84. The van der Waals surface area contributed by atoms with Crippen LogP contribution >= 0.6 is 11.3 Å². The molecule has 0 bridgehead atoms. The number of carbonyl (C=O) groups excluding carboxylic acids is 2. The summed E-state index contributed by atoms with van der Waals surface area (Å²) in [7, 11) is 0. The third-order valence-corrected chi connectivity index (χ3v) is 5.15. The van der Waals surface area contributed by atoms with Gasteiger partial charge in [-0.25, -0.2) is 4.39 Å². The molecule has 0 radical (unpaired) electrons. The summed E-state index contributed by atoms with van der Waals surface area (Å²) in [4.78, 5) is 25.4. The Morgan fingerprint density at radius 3 is 2.57 bits per heavy atom. The predicted molar refractivity (Wildman–Crippen MR) is 110 cm³/mol. The highest BCUT2D eigenvalue weighted by Gasteiger charge is 2.12. The molecular formula is C22H21FN2O2S. The maximum Gasteiger partial charge on any atom is 0.228 e. The van der Waals surface area contributed by atoms with E-state index in [1.807, 2.05) is 42.6 Å². The highest BCUT2D eigenvalue weighted by molar-refractivity contribution is 7.10. The average molecular weight is 396 g/mol. The molecule has 4 nitrogen and oxygen atoms in total. The Kier molecular flexibility index (Phi) is 6.55. The van der Waals surface area contributed by atoms with Gasteiger partial charge in [-0.2, -0.15) is 0 Å². The van der Waals surface area contributed by atoms with Crippen LogP contribution in [0.2, 0.25) is 0 Å². The molecule has 144 valence electrons. The molecule has 2 aromatic carbocycles. The lowest BCUT2D eigenvalue weighted by atomic mass is 10.1. The minimum absolute atomic E-state index is 0.0377. The van der Waals surface area contributed by atoms with Crippen LogP contribution in [0.25, 0.3) is 0 Å². The molecular weight excluding hydrogens is 375 g/mol. The van der Waals surface area contributed by atoms with Crippen molar-refractivity contribution in [1.82, 2.24) is 5.32 Å². The molecule has 0 aliphatic heterocycles. The molecule has 1 aromatic heterocycles. The first-order valence-corrected chi connectivity index (χ1v) is 9.84. The first-order chi connectivity index (χ1) is 13.5.